The Morgan fingerprint density at radius 3 is 2.68 bits per heavy atom. The number of ether oxygens (including phenoxy) is 1. The summed E-state index contributed by atoms with van der Waals surface area (Å²) in [5, 5.41) is 0. The van der Waals surface area contributed by atoms with Gasteiger partial charge in [0, 0.05) is 52.7 Å². The molecule has 0 aromatic carbocycles. The van der Waals surface area contributed by atoms with Crippen molar-refractivity contribution in [1.29, 1.82) is 0 Å². The molecule has 0 saturated carbocycles. The maximum absolute atomic E-state index is 12.1. The van der Waals surface area contributed by atoms with E-state index in [2.05, 4.69) is 23.0 Å². The van der Waals surface area contributed by atoms with E-state index in [1.54, 1.807) is 20.3 Å². The highest BCUT2D eigenvalue weighted by molar-refractivity contribution is 7.86. The van der Waals surface area contributed by atoms with Gasteiger partial charge in [-0.15, -0.1) is 0 Å². The molecular formula is C17H28N4O3S. The fourth-order valence-electron chi connectivity index (χ4n) is 3.61. The van der Waals surface area contributed by atoms with Gasteiger partial charge < -0.3 is 9.64 Å². The molecule has 3 heterocycles. The third-order valence-electron chi connectivity index (χ3n) is 5.10. The average Bonchev–Trinajstić information content (AvgIpc) is 2.54. The third-order valence-corrected chi connectivity index (χ3v) is 6.93. The summed E-state index contributed by atoms with van der Waals surface area (Å²) in [5.41, 5.74) is 0.948. The van der Waals surface area contributed by atoms with Crippen LogP contribution in [0.25, 0.3) is 0 Å². The van der Waals surface area contributed by atoms with Crippen LogP contribution in [0.15, 0.2) is 24.5 Å². The Bertz CT molecular complexity index is 664. The number of hydrogen-bond donors (Lipinski definition) is 0. The Labute approximate surface area is 150 Å². The molecule has 1 aromatic rings. The van der Waals surface area contributed by atoms with Crippen molar-refractivity contribution in [3.05, 3.63) is 30.1 Å². The van der Waals surface area contributed by atoms with Crippen LogP contribution in [0.3, 0.4) is 0 Å². The molecule has 0 amide bonds. The van der Waals surface area contributed by atoms with Crippen molar-refractivity contribution in [3.8, 4) is 0 Å². The number of hydrogen-bond acceptors (Lipinski definition) is 5. The van der Waals surface area contributed by atoms with Crippen molar-refractivity contribution >= 4 is 10.2 Å². The molecular weight excluding hydrogens is 340 g/mol. The summed E-state index contributed by atoms with van der Waals surface area (Å²) < 4.78 is 33.1. The minimum absolute atomic E-state index is 0.262. The first-order valence-electron chi connectivity index (χ1n) is 8.70. The van der Waals surface area contributed by atoms with Crippen molar-refractivity contribution in [2.45, 2.75) is 25.0 Å². The highest BCUT2D eigenvalue weighted by atomic mass is 32.2. The predicted molar refractivity (Wildman–Crippen MR) is 96.2 cm³/mol. The van der Waals surface area contributed by atoms with E-state index in [9.17, 15) is 8.42 Å². The topological polar surface area (TPSA) is 66.0 Å². The monoisotopic (exact) mass is 368 g/mol. The van der Waals surface area contributed by atoms with Crippen LogP contribution >= 0.6 is 0 Å². The van der Waals surface area contributed by atoms with E-state index in [4.69, 9.17) is 4.74 Å². The highest BCUT2D eigenvalue weighted by Crippen LogP contribution is 2.37. The summed E-state index contributed by atoms with van der Waals surface area (Å²) in [7, 11) is 1.94. The SMILES string of the molecule is CN(Cc1cccnc1)CC1CCC2(CN(S(=O)(=O)N(C)C)C2)OC1. The second kappa shape index (κ2) is 7.28. The maximum atomic E-state index is 12.1. The zero-order valence-electron chi connectivity index (χ0n) is 15.3. The fraction of sp³-hybridized carbons (Fsp3) is 0.706. The molecule has 7 nitrogen and oxygen atoms in total. The third kappa shape index (κ3) is 4.20. The summed E-state index contributed by atoms with van der Waals surface area (Å²) >= 11 is 0. The minimum Gasteiger partial charge on any atom is -0.372 e. The van der Waals surface area contributed by atoms with E-state index in [1.807, 2.05) is 12.3 Å². The Morgan fingerprint density at radius 2 is 2.12 bits per heavy atom. The summed E-state index contributed by atoms with van der Waals surface area (Å²) in [6.07, 6.45) is 5.69. The molecule has 3 rings (SSSR count). The molecule has 2 aliphatic rings. The van der Waals surface area contributed by atoms with Gasteiger partial charge in [0.1, 0.15) is 0 Å². The van der Waals surface area contributed by atoms with Gasteiger partial charge in [0.2, 0.25) is 0 Å². The van der Waals surface area contributed by atoms with Gasteiger partial charge in [-0.3, -0.25) is 4.98 Å². The van der Waals surface area contributed by atoms with Gasteiger partial charge >= 0.3 is 0 Å². The van der Waals surface area contributed by atoms with E-state index < -0.39 is 10.2 Å². The highest BCUT2D eigenvalue weighted by Gasteiger charge is 2.51. The smallest absolute Gasteiger partial charge is 0.281 e. The first kappa shape index (κ1) is 18.7. The lowest BCUT2D eigenvalue weighted by Gasteiger charge is -2.52. The number of rotatable bonds is 6. The van der Waals surface area contributed by atoms with Crippen LogP contribution in [0, 0.1) is 5.92 Å². The van der Waals surface area contributed by atoms with Crippen LogP contribution < -0.4 is 0 Å². The standard InChI is InChI=1S/C17H28N4O3S/c1-19(2)25(22,23)21-13-17(14-21)7-6-16(12-24-17)11-20(3)10-15-5-4-8-18-9-15/h4-5,8-9,16H,6-7,10-14H2,1-3H3. The van der Waals surface area contributed by atoms with Crippen LogP contribution in [-0.2, 0) is 21.5 Å². The lowest BCUT2D eigenvalue weighted by Crippen LogP contribution is -2.67. The normalized spacial score (nSPS) is 24.0. The quantitative estimate of drug-likeness (QED) is 0.743. The number of nitrogens with zero attached hydrogens (tertiary/aromatic N) is 4. The van der Waals surface area contributed by atoms with Crippen LogP contribution in [0.4, 0.5) is 0 Å². The lowest BCUT2D eigenvalue weighted by molar-refractivity contribution is -0.159. The van der Waals surface area contributed by atoms with Crippen molar-refractivity contribution in [1.82, 2.24) is 18.5 Å². The molecule has 2 fully saturated rings. The second-order valence-corrected chi connectivity index (χ2v) is 9.66. The average molecular weight is 369 g/mol. The van der Waals surface area contributed by atoms with Crippen LogP contribution in [0.2, 0.25) is 0 Å². The van der Waals surface area contributed by atoms with Crippen LogP contribution in [-0.4, -0.2) is 79.9 Å². The summed E-state index contributed by atoms with van der Waals surface area (Å²) in [6, 6.07) is 4.05. The van der Waals surface area contributed by atoms with Crippen molar-refractivity contribution < 1.29 is 13.2 Å². The van der Waals surface area contributed by atoms with Gasteiger partial charge in [-0.25, -0.2) is 0 Å². The van der Waals surface area contributed by atoms with E-state index in [1.165, 1.54) is 14.2 Å². The first-order valence-corrected chi connectivity index (χ1v) is 10.1. The molecule has 0 N–H and O–H groups in total. The van der Waals surface area contributed by atoms with Gasteiger partial charge in [-0.1, -0.05) is 6.07 Å². The predicted octanol–water partition coefficient (Wildman–Crippen LogP) is 0.801. The molecule has 1 atom stereocenters. The first-order chi connectivity index (χ1) is 11.8. The molecule has 2 aliphatic heterocycles. The van der Waals surface area contributed by atoms with Crippen LogP contribution in [0.5, 0.6) is 0 Å². The molecule has 25 heavy (non-hydrogen) atoms. The lowest BCUT2D eigenvalue weighted by atomic mass is 9.84. The van der Waals surface area contributed by atoms with E-state index in [-0.39, 0.29) is 5.60 Å². The Balaban J connectivity index is 1.44. The molecule has 0 aliphatic carbocycles. The largest absolute Gasteiger partial charge is 0.372 e. The van der Waals surface area contributed by atoms with Gasteiger partial charge in [0.15, 0.2) is 0 Å². The molecule has 140 valence electrons. The molecule has 1 aromatic heterocycles. The van der Waals surface area contributed by atoms with Gasteiger partial charge in [0.05, 0.1) is 12.2 Å². The van der Waals surface area contributed by atoms with Crippen LogP contribution in [0.1, 0.15) is 18.4 Å². The molecule has 0 bridgehead atoms. The maximum Gasteiger partial charge on any atom is 0.281 e. The Hall–Kier alpha value is -1.06. The molecule has 1 spiro atoms. The Kier molecular flexibility index (Phi) is 5.45. The molecule has 2 saturated heterocycles. The molecule has 8 heteroatoms. The second-order valence-electron chi connectivity index (χ2n) is 7.51. The van der Waals surface area contributed by atoms with E-state index >= 15 is 0 Å². The fourth-order valence-corrected chi connectivity index (χ4v) is 4.87. The number of aromatic nitrogens is 1. The zero-order valence-corrected chi connectivity index (χ0v) is 16.1. The van der Waals surface area contributed by atoms with Crippen molar-refractivity contribution in [2.24, 2.45) is 5.92 Å². The van der Waals surface area contributed by atoms with Crippen molar-refractivity contribution in [3.63, 3.8) is 0 Å². The summed E-state index contributed by atoms with van der Waals surface area (Å²) in [6.45, 7) is 3.51. The van der Waals surface area contributed by atoms with Gasteiger partial charge in [0.25, 0.3) is 10.2 Å². The van der Waals surface area contributed by atoms with E-state index in [0.717, 1.165) is 25.9 Å². The van der Waals surface area contributed by atoms with Crippen molar-refractivity contribution in [2.75, 3.05) is 47.4 Å². The minimum atomic E-state index is -3.31. The van der Waals surface area contributed by atoms with Gasteiger partial charge in [-0.2, -0.15) is 17.0 Å². The Morgan fingerprint density at radius 1 is 1.36 bits per heavy atom. The number of pyridine rings is 1. The van der Waals surface area contributed by atoms with E-state index in [0.29, 0.717) is 25.6 Å². The molecule has 1 unspecified atom stereocenters. The van der Waals surface area contributed by atoms with Gasteiger partial charge in [-0.05, 0) is 37.4 Å². The summed E-state index contributed by atoms with van der Waals surface area (Å²) in [5.74, 6) is 0.492. The zero-order chi connectivity index (χ0) is 18.1. The molecule has 0 radical (unpaired) electrons. The summed E-state index contributed by atoms with van der Waals surface area (Å²) in [4.78, 5) is 6.45.